The number of halogens is 1. The first kappa shape index (κ1) is 16.6. The van der Waals surface area contributed by atoms with Crippen molar-refractivity contribution in [2.75, 3.05) is 5.32 Å². The topological polar surface area (TPSA) is 69.0 Å². The van der Waals surface area contributed by atoms with Gasteiger partial charge in [0.05, 0.1) is 5.69 Å². The highest BCUT2D eigenvalue weighted by Gasteiger charge is 2.10. The number of nitrogens with one attached hydrogen (secondary N) is 1. The van der Waals surface area contributed by atoms with Crippen LogP contribution in [-0.4, -0.2) is 20.7 Å². The summed E-state index contributed by atoms with van der Waals surface area (Å²) >= 11 is 0. The highest BCUT2D eigenvalue weighted by atomic mass is 19.1. The predicted molar refractivity (Wildman–Crippen MR) is 90.8 cm³/mol. The van der Waals surface area contributed by atoms with Crippen LogP contribution >= 0.6 is 0 Å². The Bertz CT molecular complexity index is 822. The number of nitrogens with zero attached hydrogens (tertiary/aromatic N) is 3. The Morgan fingerprint density at radius 1 is 1.20 bits per heavy atom. The van der Waals surface area contributed by atoms with Crippen LogP contribution in [0.2, 0.25) is 0 Å². The van der Waals surface area contributed by atoms with Crippen molar-refractivity contribution in [1.29, 1.82) is 0 Å². The largest absolute Gasteiger partial charge is 0.455 e. The maximum atomic E-state index is 13.5. The molecule has 0 atom stereocenters. The molecular weight excluding hydrogens is 323 g/mol. The van der Waals surface area contributed by atoms with Gasteiger partial charge in [-0.1, -0.05) is 18.2 Å². The number of anilines is 1. The number of carbonyl (C=O) groups is 1. The fraction of sp³-hybridized carbons (Fsp3) is 0.167. The van der Waals surface area contributed by atoms with E-state index in [1.54, 1.807) is 23.1 Å². The molecular formula is C18H17FN4O2. The van der Waals surface area contributed by atoms with Crippen LogP contribution in [0, 0.1) is 5.82 Å². The second-order valence-corrected chi connectivity index (χ2v) is 5.37. The molecule has 0 spiro atoms. The molecule has 0 saturated carbocycles. The minimum Gasteiger partial charge on any atom is -0.455 e. The zero-order valence-electron chi connectivity index (χ0n) is 13.4. The smallest absolute Gasteiger partial charge is 0.224 e. The number of aromatic nitrogens is 3. The van der Waals surface area contributed by atoms with E-state index in [4.69, 9.17) is 4.74 Å². The zero-order chi connectivity index (χ0) is 17.5. The van der Waals surface area contributed by atoms with E-state index in [-0.39, 0.29) is 12.3 Å². The number of hydrogen-bond acceptors (Lipinski definition) is 4. The van der Waals surface area contributed by atoms with E-state index in [0.717, 1.165) is 0 Å². The lowest BCUT2D eigenvalue weighted by molar-refractivity contribution is -0.116. The van der Waals surface area contributed by atoms with E-state index >= 15 is 0 Å². The summed E-state index contributed by atoms with van der Waals surface area (Å²) in [5.74, 6) is 0.329. The molecule has 0 radical (unpaired) electrons. The Labute approximate surface area is 144 Å². The molecule has 1 aromatic heterocycles. The van der Waals surface area contributed by atoms with Gasteiger partial charge in [-0.25, -0.2) is 9.37 Å². The molecule has 7 heteroatoms. The standard InChI is InChI=1S/C18H17FN4O2/c19-14-8-9-17(25-15-5-2-1-3-6-15)16(11-14)22-18(24)7-4-10-23-13-20-12-21-23/h1-3,5-6,8-9,11-13H,4,7,10H2,(H,22,24). The monoisotopic (exact) mass is 340 g/mol. The molecule has 0 fully saturated rings. The van der Waals surface area contributed by atoms with Crippen LogP contribution in [0.4, 0.5) is 10.1 Å². The highest BCUT2D eigenvalue weighted by molar-refractivity contribution is 5.92. The molecule has 1 amide bonds. The summed E-state index contributed by atoms with van der Waals surface area (Å²) in [6, 6.07) is 13.1. The van der Waals surface area contributed by atoms with E-state index < -0.39 is 5.82 Å². The van der Waals surface area contributed by atoms with Gasteiger partial charge in [-0.2, -0.15) is 5.10 Å². The third-order valence-electron chi connectivity index (χ3n) is 3.44. The van der Waals surface area contributed by atoms with Gasteiger partial charge in [-0.05, 0) is 30.7 Å². The van der Waals surface area contributed by atoms with Crippen molar-refractivity contribution in [2.45, 2.75) is 19.4 Å². The molecule has 1 N–H and O–H groups in total. The Hall–Kier alpha value is -3.22. The van der Waals surface area contributed by atoms with E-state index in [1.807, 2.05) is 18.2 Å². The van der Waals surface area contributed by atoms with Crippen LogP contribution in [0.25, 0.3) is 0 Å². The van der Waals surface area contributed by atoms with Crippen LogP contribution in [0.3, 0.4) is 0 Å². The molecule has 3 aromatic rings. The van der Waals surface area contributed by atoms with Crippen molar-refractivity contribution < 1.29 is 13.9 Å². The van der Waals surface area contributed by atoms with Crippen LogP contribution in [-0.2, 0) is 11.3 Å². The lowest BCUT2D eigenvalue weighted by Crippen LogP contribution is -2.13. The molecule has 6 nitrogen and oxygen atoms in total. The van der Waals surface area contributed by atoms with E-state index in [2.05, 4.69) is 15.4 Å². The summed E-state index contributed by atoms with van der Waals surface area (Å²) in [5, 5.41) is 6.68. The summed E-state index contributed by atoms with van der Waals surface area (Å²) in [4.78, 5) is 16.0. The molecule has 2 aromatic carbocycles. The van der Waals surface area contributed by atoms with Gasteiger partial charge in [0, 0.05) is 19.0 Å². The third kappa shape index (κ3) is 4.87. The van der Waals surface area contributed by atoms with Gasteiger partial charge in [0.1, 0.15) is 24.2 Å². The minimum absolute atomic E-state index is 0.219. The van der Waals surface area contributed by atoms with Crippen molar-refractivity contribution in [3.63, 3.8) is 0 Å². The number of rotatable bonds is 7. The SMILES string of the molecule is O=C(CCCn1cncn1)Nc1cc(F)ccc1Oc1ccccc1. The number of hydrogen-bond donors (Lipinski definition) is 1. The van der Waals surface area contributed by atoms with Crippen molar-refractivity contribution in [3.05, 3.63) is 67.0 Å². The molecule has 0 saturated heterocycles. The first-order chi connectivity index (χ1) is 12.2. The number of ether oxygens (including phenoxy) is 1. The quantitative estimate of drug-likeness (QED) is 0.713. The molecule has 1 heterocycles. The molecule has 0 aliphatic rings. The van der Waals surface area contributed by atoms with Gasteiger partial charge in [-0.15, -0.1) is 0 Å². The van der Waals surface area contributed by atoms with Gasteiger partial charge in [0.25, 0.3) is 0 Å². The Kier molecular flexibility index (Phi) is 5.36. The van der Waals surface area contributed by atoms with Gasteiger partial charge >= 0.3 is 0 Å². The number of aryl methyl sites for hydroxylation is 1. The van der Waals surface area contributed by atoms with Gasteiger partial charge < -0.3 is 10.1 Å². The van der Waals surface area contributed by atoms with Crippen molar-refractivity contribution in [2.24, 2.45) is 0 Å². The summed E-state index contributed by atoms with van der Waals surface area (Å²) in [7, 11) is 0. The molecule has 0 bridgehead atoms. The molecule has 3 rings (SSSR count). The van der Waals surface area contributed by atoms with Crippen molar-refractivity contribution in [3.8, 4) is 11.5 Å². The highest BCUT2D eigenvalue weighted by Crippen LogP contribution is 2.30. The lowest BCUT2D eigenvalue weighted by atomic mass is 10.2. The summed E-state index contributed by atoms with van der Waals surface area (Å²) in [6.45, 7) is 0.587. The fourth-order valence-electron chi connectivity index (χ4n) is 2.27. The Morgan fingerprint density at radius 3 is 2.80 bits per heavy atom. The van der Waals surface area contributed by atoms with Gasteiger partial charge in [0.2, 0.25) is 5.91 Å². The van der Waals surface area contributed by atoms with Crippen molar-refractivity contribution >= 4 is 11.6 Å². The first-order valence-corrected chi connectivity index (χ1v) is 7.85. The molecule has 0 aliphatic heterocycles. The summed E-state index contributed by atoms with van der Waals surface area (Å²) in [6.07, 6.45) is 3.91. The maximum absolute atomic E-state index is 13.5. The second-order valence-electron chi connectivity index (χ2n) is 5.37. The second kappa shape index (κ2) is 8.05. The normalized spacial score (nSPS) is 10.4. The first-order valence-electron chi connectivity index (χ1n) is 7.85. The number of amides is 1. The van der Waals surface area contributed by atoms with Crippen LogP contribution < -0.4 is 10.1 Å². The average molecular weight is 340 g/mol. The van der Waals surface area contributed by atoms with Gasteiger partial charge in [0.15, 0.2) is 5.75 Å². The molecule has 0 aliphatic carbocycles. The number of para-hydroxylation sites is 1. The van der Waals surface area contributed by atoms with E-state index in [0.29, 0.717) is 30.2 Å². The summed E-state index contributed by atoms with van der Waals surface area (Å²) < 4.78 is 20.9. The maximum Gasteiger partial charge on any atom is 0.224 e. The summed E-state index contributed by atoms with van der Waals surface area (Å²) in [5.41, 5.74) is 0.301. The molecule has 25 heavy (non-hydrogen) atoms. The lowest BCUT2D eigenvalue weighted by Gasteiger charge is -2.12. The predicted octanol–water partition coefficient (Wildman–Crippen LogP) is 3.63. The van der Waals surface area contributed by atoms with Crippen molar-refractivity contribution in [1.82, 2.24) is 14.8 Å². The number of benzene rings is 2. The number of carbonyl (C=O) groups excluding carboxylic acids is 1. The minimum atomic E-state index is -0.446. The Morgan fingerprint density at radius 2 is 2.04 bits per heavy atom. The Balaban J connectivity index is 1.62. The van der Waals surface area contributed by atoms with E-state index in [9.17, 15) is 9.18 Å². The van der Waals surface area contributed by atoms with E-state index in [1.165, 1.54) is 24.5 Å². The van der Waals surface area contributed by atoms with Crippen LogP contribution in [0.1, 0.15) is 12.8 Å². The average Bonchev–Trinajstić information content (AvgIpc) is 3.12. The zero-order valence-corrected chi connectivity index (χ0v) is 13.4. The third-order valence-corrected chi connectivity index (χ3v) is 3.44. The molecule has 0 unspecified atom stereocenters. The van der Waals surface area contributed by atoms with Crippen LogP contribution in [0.15, 0.2) is 61.2 Å². The fourth-order valence-corrected chi connectivity index (χ4v) is 2.27. The van der Waals surface area contributed by atoms with Crippen LogP contribution in [0.5, 0.6) is 11.5 Å². The molecule has 128 valence electrons. The van der Waals surface area contributed by atoms with Gasteiger partial charge in [-0.3, -0.25) is 9.48 Å².